The Balaban J connectivity index is 1.73. The van der Waals surface area contributed by atoms with Crippen molar-refractivity contribution in [1.82, 2.24) is 24.9 Å². The maximum absolute atomic E-state index is 9.64. The number of hydrogen-bond donors (Lipinski definition) is 3. The predicted molar refractivity (Wildman–Crippen MR) is 92.5 cm³/mol. The molecule has 0 spiro atoms. The maximum Gasteiger partial charge on any atom is 0.305 e. The molecule has 1 aliphatic heterocycles. The quantitative estimate of drug-likeness (QED) is 0.486. The van der Waals surface area contributed by atoms with Gasteiger partial charge in [0.05, 0.1) is 19.0 Å². The summed E-state index contributed by atoms with van der Waals surface area (Å²) < 4.78 is 2.01. The highest BCUT2D eigenvalue weighted by molar-refractivity contribution is 5.79. The van der Waals surface area contributed by atoms with Crippen LogP contribution in [-0.4, -0.2) is 49.2 Å². The molecule has 5 rings (SSSR count). The average molecular weight is 336 g/mol. The number of nitrogens with zero attached hydrogens (tertiary/aromatic N) is 5. The first kappa shape index (κ1) is 14.4. The number of aromatic nitrogens is 6. The number of anilines is 1. The number of H-pyrrole nitrogens is 2. The minimum atomic E-state index is 0.0669. The monoisotopic (exact) mass is 336 g/mol. The van der Waals surface area contributed by atoms with Gasteiger partial charge in [0, 0.05) is 6.54 Å². The first-order valence-electron chi connectivity index (χ1n) is 8.42. The van der Waals surface area contributed by atoms with Gasteiger partial charge in [-0.25, -0.2) is 4.98 Å². The minimum absolute atomic E-state index is 0.0669. The van der Waals surface area contributed by atoms with Crippen LogP contribution < -0.4 is 9.47 Å². The molecule has 4 heterocycles. The molecule has 0 unspecified atom stereocenters. The molecule has 3 N–H and O–H groups in total. The molecule has 0 aliphatic carbocycles. The highest BCUT2D eigenvalue weighted by Gasteiger charge is 2.30. The third kappa shape index (κ3) is 2.18. The summed E-state index contributed by atoms with van der Waals surface area (Å²) in [5.74, 6) is 1.36. The van der Waals surface area contributed by atoms with Crippen molar-refractivity contribution in [3.63, 3.8) is 0 Å². The molecule has 8 nitrogen and oxygen atoms in total. The Labute approximate surface area is 143 Å². The average Bonchev–Trinajstić information content (AvgIpc) is 3.38. The van der Waals surface area contributed by atoms with Gasteiger partial charge in [0.1, 0.15) is 11.0 Å². The number of aromatic amines is 2. The molecule has 1 aliphatic rings. The summed E-state index contributed by atoms with van der Waals surface area (Å²) in [4.78, 5) is 22.2. The third-order valence-corrected chi connectivity index (χ3v) is 4.84. The van der Waals surface area contributed by atoms with E-state index in [1.54, 1.807) is 6.33 Å². The van der Waals surface area contributed by atoms with E-state index in [0.29, 0.717) is 11.6 Å². The second kappa shape index (κ2) is 5.52. The van der Waals surface area contributed by atoms with Gasteiger partial charge >= 0.3 is 5.95 Å². The van der Waals surface area contributed by atoms with Crippen molar-refractivity contribution in [2.45, 2.75) is 18.9 Å². The Kier molecular flexibility index (Phi) is 3.17. The number of fused-ring (bicyclic) bond motifs is 2. The normalized spacial score (nSPS) is 17.8. The molecule has 1 saturated heterocycles. The highest BCUT2D eigenvalue weighted by atomic mass is 16.3. The molecular weight excluding hydrogens is 318 g/mol. The fraction of sp³-hybridized carbons (Fsp3) is 0.294. The Morgan fingerprint density at radius 1 is 1.24 bits per heavy atom. The lowest BCUT2D eigenvalue weighted by molar-refractivity contribution is -0.569. The van der Waals surface area contributed by atoms with Gasteiger partial charge in [-0.1, -0.05) is 17.1 Å². The predicted octanol–water partition coefficient (Wildman–Crippen LogP) is 1.07. The van der Waals surface area contributed by atoms with Crippen LogP contribution in [0, 0.1) is 0 Å². The van der Waals surface area contributed by atoms with Crippen LogP contribution in [0.3, 0.4) is 0 Å². The molecule has 0 amide bonds. The van der Waals surface area contributed by atoms with E-state index in [-0.39, 0.29) is 12.6 Å². The Morgan fingerprint density at radius 3 is 3.08 bits per heavy atom. The number of imidazole rings is 2. The van der Waals surface area contributed by atoms with E-state index in [2.05, 4.69) is 24.8 Å². The smallest absolute Gasteiger partial charge is 0.305 e. The summed E-state index contributed by atoms with van der Waals surface area (Å²) in [5, 5.41) is 9.64. The fourth-order valence-electron chi connectivity index (χ4n) is 3.58. The standard InChI is InChI=1S/C17H17N7O/c25-8-11-4-3-7-23(11)17-21-15-14(18-9-19-15)16(22-17)24-10-20-12-5-1-2-6-13(12)24/h1-2,5-6,9-11,25H,3-4,7-8H2,(H,18,19,21,22)/p+1/t11-/m1/s1. The van der Waals surface area contributed by atoms with Gasteiger partial charge in [0.25, 0.3) is 5.82 Å². The van der Waals surface area contributed by atoms with Crippen LogP contribution in [0.25, 0.3) is 28.0 Å². The molecule has 1 atom stereocenters. The van der Waals surface area contributed by atoms with E-state index < -0.39 is 0 Å². The second-order valence-corrected chi connectivity index (χ2v) is 6.28. The van der Waals surface area contributed by atoms with Gasteiger partial charge in [-0.3, -0.25) is 4.98 Å². The van der Waals surface area contributed by atoms with Crippen molar-refractivity contribution in [1.29, 1.82) is 0 Å². The van der Waals surface area contributed by atoms with Crippen LogP contribution in [-0.2, 0) is 0 Å². The maximum atomic E-state index is 9.64. The van der Waals surface area contributed by atoms with Crippen molar-refractivity contribution < 1.29 is 9.67 Å². The molecular formula is C17H18N7O+. The minimum Gasteiger partial charge on any atom is -0.394 e. The largest absolute Gasteiger partial charge is 0.394 e. The number of aliphatic hydroxyl groups is 1. The molecule has 4 aromatic rings. The van der Waals surface area contributed by atoms with Gasteiger partial charge in [0.2, 0.25) is 0 Å². The number of hydrogen-bond acceptors (Lipinski definition) is 5. The third-order valence-electron chi connectivity index (χ3n) is 4.84. The summed E-state index contributed by atoms with van der Waals surface area (Å²) in [7, 11) is 0. The summed E-state index contributed by atoms with van der Waals surface area (Å²) >= 11 is 0. The van der Waals surface area contributed by atoms with E-state index in [4.69, 9.17) is 4.98 Å². The number of rotatable bonds is 3. The van der Waals surface area contributed by atoms with Gasteiger partial charge in [-0.15, -0.1) is 0 Å². The molecule has 0 saturated carbocycles. The number of benzene rings is 1. The van der Waals surface area contributed by atoms with E-state index in [9.17, 15) is 5.11 Å². The lowest BCUT2D eigenvalue weighted by Gasteiger charge is -2.20. The lowest BCUT2D eigenvalue weighted by atomic mass is 10.2. The zero-order chi connectivity index (χ0) is 16.8. The Bertz CT molecular complexity index is 1050. The summed E-state index contributed by atoms with van der Waals surface area (Å²) in [6.45, 7) is 0.955. The van der Waals surface area contributed by atoms with Gasteiger partial charge in [-0.2, -0.15) is 9.55 Å². The van der Waals surface area contributed by atoms with E-state index in [0.717, 1.165) is 41.8 Å². The number of para-hydroxylation sites is 2. The first-order chi connectivity index (χ1) is 12.3. The van der Waals surface area contributed by atoms with Crippen molar-refractivity contribution in [2.24, 2.45) is 0 Å². The second-order valence-electron chi connectivity index (χ2n) is 6.28. The summed E-state index contributed by atoms with van der Waals surface area (Å²) in [6, 6.07) is 8.14. The molecule has 8 heteroatoms. The Hall–Kier alpha value is -3.00. The zero-order valence-electron chi connectivity index (χ0n) is 13.6. The van der Waals surface area contributed by atoms with Crippen LogP contribution in [0.15, 0.2) is 36.9 Å². The van der Waals surface area contributed by atoms with Crippen LogP contribution in [0.5, 0.6) is 0 Å². The molecule has 1 aromatic carbocycles. The highest BCUT2D eigenvalue weighted by Crippen LogP contribution is 2.25. The summed E-state index contributed by atoms with van der Waals surface area (Å²) in [6.07, 6.45) is 5.51. The zero-order valence-corrected chi connectivity index (χ0v) is 13.6. The van der Waals surface area contributed by atoms with Crippen LogP contribution in [0.2, 0.25) is 0 Å². The van der Waals surface area contributed by atoms with E-state index in [1.807, 2.05) is 35.2 Å². The Morgan fingerprint density at radius 2 is 2.16 bits per heavy atom. The lowest BCUT2D eigenvalue weighted by Crippen LogP contribution is -2.36. The number of aliphatic hydroxyl groups excluding tert-OH is 1. The van der Waals surface area contributed by atoms with Crippen LogP contribution >= 0.6 is 0 Å². The topological polar surface area (TPSA) is 97.6 Å². The van der Waals surface area contributed by atoms with Crippen molar-refractivity contribution in [3.8, 4) is 5.82 Å². The van der Waals surface area contributed by atoms with Crippen molar-refractivity contribution >= 4 is 28.1 Å². The van der Waals surface area contributed by atoms with Gasteiger partial charge < -0.3 is 15.0 Å². The van der Waals surface area contributed by atoms with Crippen molar-refractivity contribution in [3.05, 3.63) is 36.9 Å². The summed E-state index contributed by atoms with van der Waals surface area (Å²) in [5.41, 5.74) is 3.48. The van der Waals surface area contributed by atoms with Crippen molar-refractivity contribution in [2.75, 3.05) is 18.1 Å². The first-order valence-corrected chi connectivity index (χ1v) is 8.42. The fourth-order valence-corrected chi connectivity index (χ4v) is 3.58. The molecule has 126 valence electrons. The molecule has 1 fully saturated rings. The molecule has 25 heavy (non-hydrogen) atoms. The van der Waals surface area contributed by atoms with E-state index in [1.165, 1.54) is 0 Å². The molecule has 3 aromatic heterocycles. The van der Waals surface area contributed by atoms with Gasteiger partial charge in [-0.05, 0) is 25.0 Å². The van der Waals surface area contributed by atoms with Crippen LogP contribution in [0.4, 0.5) is 5.95 Å². The molecule has 0 radical (unpaired) electrons. The van der Waals surface area contributed by atoms with E-state index >= 15 is 0 Å². The van der Waals surface area contributed by atoms with Crippen LogP contribution in [0.1, 0.15) is 12.8 Å². The SMILES string of the molecule is OC[C@H]1CCCN1c1nc(-[n+]2c[nH]c3ccccc32)c2[nH]cnc2n1. The molecule has 0 bridgehead atoms. The van der Waals surface area contributed by atoms with Gasteiger partial charge in [0.15, 0.2) is 17.5 Å². The number of nitrogens with one attached hydrogen (secondary N) is 2.